The van der Waals surface area contributed by atoms with Crippen LogP contribution in [0.1, 0.15) is 21.4 Å². The summed E-state index contributed by atoms with van der Waals surface area (Å²) in [6.07, 6.45) is 0. The largest absolute Gasteiger partial charge is 0.467 e. The molecule has 1 rings (SSSR count). The Balaban J connectivity index is 3.13. The van der Waals surface area contributed by atoms with E-state index >= 15 is 0 Å². The highest BCUT2D eigenvalue weighted by atomic mass is 32.1. The monoisotopic (exact) mass is 273 g/mol. The standard InChI is InChI=1S/C8H11N5O4S/c1-16-6(14)4(11-8(9)10)3-5(7(15)17-2)18-13-12-3/h4H,1-2H3,(H4,9,10,11). The minimum atomic E-state index is -1.18. The van der Waals surface area contributed by atoms with Crippen molar-refractivity contribution in [2.75, 3.05) is 14.2 Å². The number of carbonyl (C=O) groups excluding carboxylic acids is 2. The highest BCUT2D eigenvalue weighted by molar-refractivity contribution is 7.07. The first-order valence-electron chi connectivity index (χ1n) is 4.60. The number of nitrogens with one attached hydrogen (secondary N) is 2. The molecular weight excluding hydrogens is 262 g/mol. The maximum absolute atomic E-state index is 11.6. The Morgan fingerprint density at radius 3 is 2.61 bits per heavy atom. The van der Waals surface area contributed by atoms with Crippen molar-refractivity contribution in [3.8, 4) is 0 Å². The quantitative estimate of drug-likeness (QED) is 0.361. The molecule has 0 amide bonds. The fourth-order valence-corrected chi connectivity index (χ4v) is 1.75. The van der Waals surface area contributed by atoms with Crippen molar-refractivity contribution in [2.45, 2.75) is 6.04 Å². The van der Waals surface area contributed by atoms with Crippen LogP contribution in [0.3, 0.4) is 0 Å². The van der Waals surface area contributed by atoms with Crippen LogP contribution in [0.2, 0.25) is 0 Å². The fraction of sp³-hybridized carbons (Fsp3) is 0.375. The highest BCUT2D eigenvalue weighted by Gasteiger charge is 2.31. The number of esters is 2. The molecule has 0 aliphatic heterocycles. The number of aromatic nitrogens is 2. The highest BCUT2D eigenvalue weighted by Crippen LogP contribution is 2.20. The van der Waals surface area contributed by atoms with Gasteiger partial charge in [0.05, 0.1) is 14.2 Å². The Hall–Kier alpha value is -2.23. The first-order chi connectivity index (χ1) is 8.51. The van der Waals surface area contributed by atoms with Gasteiger partial charge in [-0.1, -0.05) is 4.49 Å². The number of hydrogen-bond acceptors (Lipinski definition) is 8. The lowest BCUT2D eigenvalue weighted by Gasteiger charge is -2.14. The molecule has 0 aliphatic rings. The molecule has 0 bridgehead atoms. The van der Waals surface area contributed by atoms with Crippen molar-refractivity contribution in [2.24, 2.45) is 5.73 Å². The summed E-state index contributed by atoms with van der Waals surface area (Å²) < 4.78 is 12.6. The molecule has 0 aliphatic carbocycles. The van der Waals surface area contributed by atoms with Gasteiger partial charge < -0.3 is 20.5 Å². The zero-order chi connectivity index (χ0) is 13.7. The van der Waals surface area contributed by atoms with Crippen LogP contribution in [0.25, 0.3) is 0 Å². The van der Waals surface area contributed by atoms with Gasteiger partial charge in [0.2, 0.25) is 0 Å². The minimum absolute atomic E-state index is 0.00824. The molecule has 0 aromatic carbocycles. The van der Waals surface area contributed by atoms with Crippen molar-refractivity contribution in [1.29, 1.82) is 5.41 Å². The number of nitrogens with two attached hydrogens (primary N) is 1. The third-order valence-electron chi connectivity index (χ3n) is 1.89. The number of ether oxygens (including phenoxy) is 2. The van der Waals surface area contributed by atoms with Gasteiger partial charge in [0, 0.05) is 0 Å². The summed E-state index contributed by atoms with van der Waals surface area (Å²) in [5.41, 5.74) is 5.16. The first kappa shape index (κ1) is 13.8. The molecule has 18 heavy (non-hydrogen) atoms. The molecule has 9 nitrogen and oxygen atoms in total. The summed E-state index contributed by atoms with van der Waals surface area (Å²) in [6, 6.07) is -1.18. The minimum Gasteiger partial charge on any atom is -0.467 e. The third kappa shape index (κ3) is 2.91. The third-order valence-corrected chi connectivity index (χ3v) is 2.62. The van der Waals surface area contributed by atoms with Crippen molar-refractivity contribution in [3.05, 3.63) is 10.6 Å². The fourth-order valence-electron chi connectivity index (χ4n) is 1.13. The van der Waals surface area contributed by atoms with E-state index in [1.165, 1.54) is 7.11 Å². The van der Waals surface area contributed by atoms with E-state index in [0.717, 1.165) is 18.6 Å². The summed E-state index contributed by atoms with van der Waals surface area (Å²) in [6.45, 7) is 0. The second-order valence-corrected chi connectivity index (χ2v) is 3.75. The van der Waals surface area contributed by atoms with Crippen LogP contribution in [0, 0.1) is 5.41 Å². The van der Waals surface area contributed by atoms with E-state index in [9.17, 15) is 9.59 Å². The molecule has 98 valence electrons. The van der Waals surface area contributed by atoms with Gasteiger partial charge in [0.1, 0.15) is 5.69 Å². The van der Waals surface area contributed by atoms with Crippen molar-refractivity contribution in [1.82, 2.24) is 14.9 Å². The Kier molecular flexibility index (Phi) is 4.54. The number of methoxy groups -OCH3 is 2. The zero-order valence-corrected chi connectivity index (χ0v) is 10.4. The summed E-state index contributed by atoms with van der Waals surface area (Å²) in [5, 5.41) is 13.1. The summed E-state index contributed by atoms with van der Waals surface area (Å²) >= 11 is 0.771. The van der Waals surface area contributed by atoms with Crippen molar-refractivity contribution < 1.29 is 19.1 Å². The molecule has 0 radical (unpaired) electrons. The van der Waals surface area contributed by atoms with Gasteiger partial charge >= 0.3 is 11.9 Å². The van der Waals surface area contributed by atoms with E-state index in [0.29, 0.717) is 0 Å². The van der Waals surface area contributed by atoms with E-state index in [-0.39, 0.29) is 10.6 Å². The average molecular weight is 273 g/mol. The molecule has 0 fully saturated rings. The predicted molar refractivity (Wildman–Crippen MR) is 61.1 cm³/mol. The van der Waals surface area contributed by atoms with Crippen LogP contribution in [-0.2, 0) is 14.3 Å². The van der Waals surface area contributed by atoms with Crippen LogP contribution in [0.5, 0.6) is 0 Å². The van der Waals surface area contributed by atoms with E-state index in [4.69, 9.17) is 11.1 Å². The topological polar surface area (TPSA) is 140 Å². The Morgan fingerprint density at radius 2 is 2.11 bits per heavy atom. The smallest absolute Gasteiger partial charge is 0.351 e. The van der Waals surface area contributed by atoms with Gasteiger partial charge in [-0.2, -0.15) is 0 Å². The maximum atomic E-state index is 11.6. The van der Waals surface area contributed by atoms with Gasteiger partial charge in [-0.05, 0) is 11.5 Å². The summed E-state index contributed by atoms with van der Waals surface area (Å²) in [7, 11) is 2.35. The zero-order valence-electron chi connectivity index (χ0n) is 9.59. The van der Waals surface area contributed by atoms with Gasteiger partial charge in [-0.25, -0.2) is 9.59 Å². The molecule has 4 N–H and O–H groups in total. The Labute approximate surface area is 106 Å². The number of hydrogen-bond donors (Lipinski definition) is 3. The van der Waals surface area contributed by atoms with Crippen LogP contribution in [0.4, 0.5) is 0 Å². The lowest BCUT2D eigenvalue weighted by Crippen LogP contribution is -2.39. The Bertz CT molecular complexity index is 474. The summed E-state index contributed by atoms with van der Waals surface area (Å²) in [5.74, 6) is -1.89. The van der Waals surface area contributed by atoms with Gasteiger partial charge in [0.15, 0.2) is 16.9 Å². The van der Waals surface area contributed by atoms with Gasteiger partial charge in [-0.3, -0.25) is 5.41 Å². The second-order valence-electron chi connectivity index (χ2n) is 2.99. The Morgan fingerprint density at radius 1 is 1.44 bits per heavy atom. The molecule has 1 atom stereocenters. The van der Waals surface area contributed by atoms with Gasteiger partial charge in [0.25, 0.3) is 0 Å². The number of carbonyl (C=O) groups is 2. The molecule has 1 aromatic rings. The lowest BCUT2D eigenvalue weighted by atomic mass is 10.2. The first-order valence-corrected chi connectivity index (χ1v) is 5.37. The van der Waals surface area contributed by atoms with Crippen molar-refractivity contribution in [3.63, 3.8) is 0 Å². The lowest BCUT2D eigenvalue weighted by molar-refractivity contribution is -0.143. The molecule has 1 aromatic heterocycles. The van der Waals surface area contributed by atoms with E-state index in [1.54, 1.807) is 0 Å². The predicted octanol–water partition coefficient (Wildman–Crippen LogP) is -0.978. The molecule has 0 saturated heterocycles. The molecule has 1 heterocycles. The SMILES string of the molecule is COC(=O)c1snnc1C(NC(=N)N)C(=O)OC. The van der Waals surface area contributed by atoms with E-state index in [1.807, 2.05) is 0 Å². The van der Waals surface area contributed by atoms with Crippen LogP contribution < -0.4 is 11.1 Å². The van der Waals surface area contributed by atoms with E-state index < -0.39 is 23.9 Å². The van der Waals surface area contributed by atoms with Gasteiger partial charge in [-0.15, -0.1) is 5.10 Å². The number of guanidine groups is 1. The number of nitrogens with zero attached hydrogens (tertiary/aromatic N) is 2. The van der Waals surface area contributed by atoms with E-state index in [2.05, 4.69) is 24.4 Å². The maximum Gasteiger partial charge on any atom is 0.351 e. The molecule has 10 heteroatoms. The van der Waals surface area contributed by atoms with Crippen LogP contribution in [0.15, 0.2) is 0 Å². The van der Waals surface area contributed by atoms with Crippen LogP contribution >= 0.6 is 11.5 Å². The normalized spacial score (nSPS) is 11.4. The average Bonchev–Trinajstić information content (AvgIpc) is 2.82. The summed E-state index contributed by atoms with van der Waals surface area (Å²) in [4.78, 5) is 23.0. The molecule has 1 unspecified atom stereocenters. The molecule has 0 spiro atoms. The number of rotatable bonds is 4. The molecule has 0 saturated carbocycles. The second kappa shape index (κ2) is 5.91. The van der Waals surface area contributed by atoms with Crippen LogP contribution in [-0.4, -0.2) is 41.7 Å². The van der Waals surface area contributed by atoms with Crippen molar-refractivity contribution >= 4 is 29.4 Å². The molecular formula is C8H11N5O4S.